The zero-order valence-electron chi connectivity index (χ0n) is 15.9. The van der Waals surface area contributed by atoms with Crippen LogP contribution in [0.4, 0.5) is 0 Å². The maximum atomic E-state index is 11.8. The number of rotatable bonds is 10. The quantitative estimate of drug-likeness (QED) is 0.548. The Hall–Kier alpha value is -1.92. The number of unbranched alkanes of at least 4 members (excludes halogenated alkanes) is 1. The van der Waals surface area contributed by atoms with Gasteiger partial charge in [0.25, 0.3) is 0 Å². The summed E-state index contributed by atoms with van der Waals surface area (Å²) >= 11 is 0. The lowest BCUT2D eigenvalue weighted by atomic mass is 9.76. The SMILES string of the molecule is CCCCC(=O)NNCC1C2CCC(O2)C1CCc1ccc(C(=O)O)cc1. The van der Waals surface area contributed by atoms with Gasteiger partial charge in [0.15, 0.2) is 0 Å². The molecule has 2 aliphatic heterocycles. The number of hydrazine groups is 1. The molecule has 2 saturated heterocycles. The Morgan fingerprint density at radius 1 is 1.15 bits per heavy atom. The second-order valence-electron chi connectivity index (χ2n) is 7.69. The average Bonchev–Trinajstić information content (AvgIpc) is 3.27. The number of carboxylic acid groups (broad SMARTS) is 1. The van der Waals surface area contributed by atoms with Crippen molar-refractivity contribution in [3.63, 3.8) is 0 Å². The fraction of sp³-hybridized carbons (Fsp3) is 0.619. The van der Waals surface area contributed by atoms with Crippen LogP contribution in [-0.4, -0.2) is 35.7 Å². The lowest BCUT2D eigenvalue weighted by Gasteiger charge is -2.28. The summed E-state index contributed by atoms with van der Waals surface area (Å²) in [5.74, 6) is 0.0441. The number of nitrogens with one attached hydrogen (secondary N) is 2. The molecule has 2 aliphatic rings. The molecule has 0 aliphatic carbocycles. The fourth-order valence-corrected chi connectivity index (χ4v) is 4.37. The van der Waals surface area contributed by atoms with Crippen LogP contribution in [0.25, 0.3) is 0 Å². The summed E-state index contributed by atoms with van der Waals surface area (Å²) in [6, 6.07) is 7.14. The minimum Gasteiger partial charge on any atom is -0.478 e. The smallest absolute Gasteiger partial charge is 0.335 e. The predicted octanol–water partition coefficient (Wildman–Crippen LogP) is 2.92. The van der Waals surface area contributed by atoms with E-state index in [9.17, 15) is 9.59 Å². The van der Waals surface area contributed by atoms with E-state index in [0.717, 1.165) is 50.6 Å². The first-order valence-electron chi connectivity index (χ1n) is 10.1. The van der Waals surface area contributed by atoms with Crippen molar-refractivity contribution >= 4 is 11.9 Å². The third kappa shape index (κ3) is 5.08. The Morgan fingerprint density at radius 3 is 2.52 bits per heavy atom. The van der Waals surface area contributed by atoms with E-state index in [1.54, 1.807) is 12.1 Å². The molecule has 2 bridgehead atoms. The van der Waals surface area contributed by atoms with Crippen molar-refractivity contribution in [2.45, 2.75) is 64.1 Å². The van der Waals surface area contributed by atoms with Crippen molar-refractivity contribution in [1.82, 2.24) is 10.9 Å². The maximum absolute atomic E-state index is 11.8. The van der Waals surface area contributed by atoms with Crippen LogP contribution in [0, 0.1) is 11.8 Å². The molecular formula is C21H30N2O4. The summed E-state index contributed by atoms with van der Waals surface area (Å²) in [6.45, 7) is 2.81. The van der Waals surface area contributed by atoms with E-state index in [1.165, 1.54) is 0 Å². The van der Waals surface area contributed by atoms with Gasteiger partial charge in [0.05, 0.1) is 17.8 Å². The molecule has 6 nitrogen and oxygen atoms in total. The number of aryl methyl sites for hydroxylation is 1. The summed E-state index contributed by atoms with van der Waals surface area (Å²) in [5.41, 5.74) is 7.42. The van der Waals surface area contributed by atoms with Crippen LogP contribution in [-0.2, 0) is 16.0 Å². The van der Waals surface area contributed by atoms with Gasteiger partial charge < -0.3 is 9.84 Å². The summed E-state index contributed by atoms with van der Waals surface area (Å²) < 4.78 is 6.13. The van der Waals surface area contributed by atoms with E-state index in [1.807, 2.05) is 12.1 Å². The molecule has 2 heterocycles. The zero-order chi connectivity index (χ0) is 19.2. The summed E-state index contributed by atoms with van der Waals surface area (Å²) in [5, 5.41) is 9.00. The van der Waals surface area contributed by atoms with Crippen LogP contribution in [0.15, 0.2) is 24.3 Å². The number of aromatic carboxylic acids is 1. The lowest BCUT2D eigenvalue weighted by Crippen LogP contribution is -2.44. The molecule has 0 radical (unpaired) electrons. The molecule has 0 aromatic heterocycles. The zero-order valence-corrected chi connectivity index (χ0v) is 15.9. The topological polar surface area (TPSA) is 87.7 Å². The van der Waals surface area contributed by atoms with Crippen LogP contribution in [0.3, 0.4) is 0 Å². The minimum atomic E-state index is -0.893. The number of hydrogen-bond acceptors (Lipinski definition) is 4. The van der Waals surface area contributed by atoms with Crippen LogP contribution < -0.4 is 10.9 Å². The van der Waals surface area contributed by atoms with Gasteiger partial charge in [-0.3, -0.25) is 10.2 Å². The van der Waals surface area contributed by atoms with Gasteiger partial charge in [0.1, 0.15) is 0 Å². The second kappa shape index (κ2) is 9.33. The number of carbonyl (C=O) groups is 2. The molecule has 1 aromatic rings. The van der Waals surface area contributed by atoms with Crippen molar-refractivity contribution < 1.29 is 19.4 Å². The number of carbonyl (C=O) groups excluding carboxylic acids is 1. The molecule has 4 unspecified atom stereocenters. The highest BCUT2D eigenvalue weighted by Gasteiger charge is 2.48. The number of ether oxygens (including phenoxy) is 1. The Kier molecular flexibility index (Phi) is 6.85. The number of hydrogen-bond donors (Lipinski definition) is 3. The molecule has 1 aromatic carbocycles. The van der Waals surface area contributed by atoms with Crippen molar-refractivity contribution in [3.05, 3.63) is 35.4 Å². The summed E-state index contributed by atoms with van der Waals surface area (Å²) in [4.78, 5) is 22.7. The maximum Gasteiger partial charge on any atom is 0.335 e. The molecule has 1 amide bonds. The van der Waals surface area contributed by atoms with Gasteiger partial charge in [-0.15, -0.1) is 0 Å². The van der Waals surface area contributed by atoms with Crippen molar-refractivity contribution in [1.29, 1.82) is 0 Å². The van der Waals surface area contributed by atoms with E-state index >= 15 is 0 Å². The summed E-state index contributed by atoms with van der Waals surface area (Å²) in [6.07, 6.45) is 7.24. The third-order valence-electron chi connectivity index (χ3n) is 5.88. The highest BCUT2D eigenvalue weighted by atomic mass is 16.5. The molecule has 3 N–H and O–H groups in total. The molecule has 0 spiro atoms. The van der Waals surface area contributed by atoms with Gasteiger partial charge >= 0.3 is 5.97 Å². The molecule has 148 valence electrons. The fourth-order valence-electron chi connectivity index (χ4n) is 4.37. The van der Waals surface area contributed by atoms with Crippen molar-refractivity contribution in [3.8, 4) is 0 Å². The van der Waals surface area contributed by atoms with Crippen molar-refractivity contribution in [2.75, 3.05) is 6.54 Å². The molecule has 0 saturated carbocycles. The van der Waals surface area contributed by atoms with Gasteiger partial charge in [-0.1, -0.05) is 25.5 Å². The Morgan fingerprint density at radius 2 is 1.85 bits per heavy atom. The minimum absolute atomic E-state index is 0.0518. The van der Waals surface area contributed by atoms with E-state index in [-0.39, 0.29) is 12.0 Å². The molecule has 6 heteroatoms. The third-order valence-corrected chi connectivity index (χ3v) is 5.88. The number of carboxylic acids is 1. The highest BCUT2D eigenvalue weighted by molar-refractivity contribution is 5.87. The van der Waals surface area contributed by atoms with Crippen LogP contribution >= 0.6 is 0 Å². The second-order valence-corrected chi connectivity index (χ2v) is 7.69. The molecule has 4 atom stereocenters. The monoisotopic (exact) mass is 374 g/mol. The van der Waals surface area contributed by atoms with E-state index < -0.39 is 5.97 Å². The standard InChI is InChI=1S/C21H30N2O4/c1-2-3-4-20(24)23-22-13-17-16(18-11-12-19(17)27-18)10-7-14-5-8-15(9-6-14)21(25)26/h5-6,8-9,16-19,22H,2-4,7,10-13H2,1H3,(H,23,24)(H,25,26). The number of benzene rings is 1. The Balaban J connectivity index is 1.49. The van der Waals surface area contributed by atoms with E-state index in [4.69, 9.17) is 9.84 Å². The van der Waals surface area contributed by atoms with Crippen LogP contribution in [0.2, 0.25) is 0 Å². The Labute approximate surface area is 160 Å². The highest BCUT2D eigenvalue weighted by Crippen LogP contribution is 2.45. The first kappa shape index (κ1) is 19.8. The average molecular weight is 374 g/mol. The first-order valence-corrected chi connectivity index (χ1v) is 10.1. The predicted molar refractivity (Wildman–Crippen MR) is 102 cm³/mol. The molecule has 3 rings (SSSR count). The Bertz CT molecular complexity index is 646. The largest absolute Gasteiger partial charge is 0.478 e. The van der Waals surface area contributed by atoms with Gasteiger partial charge in [0.2, 0.25) is 5.91 Å². The van der Waals surface area contributed by atoms with E-state index in [0.29, 0.717) is 29.9 Å². The molecule has 2 fully saturated rings. The lowest BCUT2D eigenvalue weighted by molar-refractivity contribution is -0.122. The van der Waals surface area contributed by atoms with Gasteiger partial charge in [-0.05, 0) is 55.7 Å². The first-order chi connectivity index (χ1) is 13.1. The molecular weight excluding hydrogens is 344 g/mol. The number of fused-ring (bicyclic) bond motifs is 2. The van der Waals surface area contributed by atoms with Gasteiger partial charge in [0, 0.05) is 18.9 Å². The molecule has 27 heavy (non-hydrogen) atoms. The summed E-state index contributed by atoms with van der Waals surface area (Å²) in [7, 11) is 0. The van der Waals surface area contributed by atoms with Gasteiger partial charge in [-0.2, -0.15) is 0 Å². The van der Waals surface area contributed by atoms with Crippen LogP contribution in [0.5, 0.6) is 0 Å². The van der Waals surface area contributed by atoms with Crippen molar-refractivity contribution in [2.24, 2.45) is 11.8 Å². The van der Waals surface area contributed by atoms with Crippen LogP contribution in [0.1, 0.15) is 61.4 Å². The van der Waals surface area contributed by atoms with Gasteiger partial charge in [-0.25, -0.2) is 10.2 Å². The van der Waals surface area contributed by atoms with E-state index in [2.05, 4.69) is 17.8 Å². The normalized spacial score (nSPS) is 26.3. The number of amides is 1.